The number of hydrogen-bond acceptors (Lipinski definition) is 4. The molecule has 0 aromatic carbocycles. The molecule has 0 saturated carbocycles. The number of nitrogens with one attached hydrogen (secondary N) is 1. The van der Waals surface area contributed by atoms with Crippen molar-refractivity contribution in [1.82, 2.24) is 5.32 Å². The second-order valence-corrected chi connectivity index (χ2v) is 6.97. The molecule has 3 unspecified atom stereocenters. The normalized spacial score (nSPS) is 34.0. The molecular formula is C14H27NO2S. The highest BCUT2D eigenvalue weighted by atomic mass is 32.2. The van der Waals surface area contributed by atoms with Gasteiger partial charge in [-0.1, -0.05) is 6.92 Å². The SMILES string of the molecule is CCSCCC(C)NC1CCOC2(CCOC2)C1. The Morgan fingerprint density at radius 1 is 1.44 bits per heavy atom. The van der Waals surface area contributed by atoms with Gasteiger partial charge in [-0.2, -0.15) is 11.8 Å². The Morgan fingerprint density at radius 3 is 3.06 bits per heavy atom. The Balaban J connectivity index is 1.72. The summed E-state index contributed by atoms with van der Waals surface area (Å²) in [5.74, 6) is 2.49. The van der Waals surface area contributed by atoms with E-state index in [0.29, 0.717) is 12.1 Å². The van der Waals surface area contributed by atoms with E-state index in [1.165, 1.54) is 17.9 Å². The van der Waals surface area contributed by atoms with Crippen LogP contribution in [0.4, 0.5) is 0 Å². The van der Waals surface area contributed by atoms with Gasteiger partial charge in [0, 0.05) is 31.7 Å². The van der Waals surface area contributed by atoms with Crippen LogP contribution in [-0.2, 0) is 9.47 Å². The maximum atomic E-state index is 5.97. The van der Waals surface area contributed by atoms with E-state index in [0.717, 1.165) is 39.1 Å². The summed E-state index contributed by atoms with van der Waals surface area (Å²) in [4.78, 5) is 0. The van der Waals surface area contributed by atoms with Crippen LogP contribution in [0.3, 0.4) is 0 Å². The average molecular weight is 273 g/mol. The third-order valence-corrected chi connectivity index (χ3v) is 4.91. The van der Waals surface area contributed by atoms with Crippen molar-refractivity contribution >= 4 is 11.8 Å². The lowest BCUT2D eigenvalue weighted by Gasteiger charge is -2.38. The highest BCUT2D eigenvalue weighted by Gasteiger charge is 2.41. The van der Waals surface area contributed by atoms with Crippen molar-refractivity contribution in [2.24, 2.45) is 0 Å². The minimum Gasteiger partial charge on any atom is -0.378 e. The quantitative estimate of drug-likeness (QED) is 0.753. The Hall–Kier alpha value is 0.230. The van der Waals surface area contributed by atoms with Crippen LogP contribution >= 0.6 is 11.8 Å². The topological polar surface area (TPSA) is 30.5 Å². The Labute approximate surface area is 115 Å². The molecule has 2 fully saturated rings. The standard InChI is InChI=1S/C14H27NO2S/c1-3-18-9-5-12(2)15-13-4-7-17-14(10-13)6-8-16-11-14/h12-13,15H,3-11H2,1-2H3. The first-order valence-electron chi connectivity index (χ1n) is 7.29. The van der Waals surface area contributed by atoms with E-state index in [-0.39, 0.29) is 5.60 Å². The summed E-state index contributed by atoms with van der Waals surface area (Å²) in [6.07, 6.45) is 4.61. The number of rotatable bonds is 6. The molecule has 2 aliphatic heterocycles. The summed E-state index contributed by atoms with van der Waals surface area (Å²) >= 11 is 2.03. The Kier molecular flexibility index (Phi) is 5.80. The van der Waals surface area contributed by atoms with Crippen molar-refractivity contribution in [3.05, 3.63) is 0 Å². The molecule has 0 aliphatic carbocycles. The fourth-order valence-electron chi connectivity index (χ4n) is 2.92. The summed E-state index contributed by atoms with van der Waals surface area (Å²) in [5.41, 5.74) is 0.0355. The first-order chi connectivity index (χ1) is 8.74. The third-order valence-electron chi connectivity index (χ3n) is 3.98. The highest BCUT2D eigenvalue weighted by molar-refractivity contribution is 7.99. The minimum absolute atomic E-state index is 0.0355. The molecule has 3 atom stereocenters. The van der Waals surface area contributed by atoms with Crippen LogP contribution in [-0.4, -0.2) is 49.0 Å². The second-order valence-electron chi connectivity index (χ2n) is 5.58. The van der Waals surface area contributed by atoms with E-state index in [1.807, 2.05) is 11.8 Å². The number of hydrogen-bond donors (Lipinski definition) is 1. The number of ether oxygens (including phenoxy) is 2. The van der Waals surface area contributed by atoms with E-state index >= 15 is 0 Å². The molecule has 2 saturated heterocycles. The third kappa shape index (κ3) is 4.12. The Bertz CT molecular complexity index is 244. The van der Waals surface area contributed by atoms with Gasteiger partial charge in [0.2, 0.25) is 0 Å². The van der Waals surface area contributed by atoms with Gasteiger partial charge >= 0.3 is 0 Å². The largest absolute Gasteiger partial charge is 0.378 e. The molecule has 2 rings (SSSR count). The second kappa shape index (κ2) is 7.13. The lowest BCUT2D eigenvalue weighted by molar-refractivity contribution is -0.0901. The fourth-order valence-corrected chi connectivity index (χ4v) is 3.73. The first-order valence-corrected chi connectivity index (χ1v) is 8.45. The Morgan fingerprint density at radius 2 is 2.33 bits per heavy atom. The van der Waals surface area contributed by atoms with Gasteiger partial charge in [0.25, 0.3) is 0 Å². The summed E-state index contributed by atoms with van der Waals surface area (Å²) in [6, 6.07) is 1.23. The summed E-state index contributed by atoms with van der Waals surface area (Å²) in [7, 11) is 0. The highest BCUT2D eigenvalue weighted by Crippen LogP contribution is 2.33. The lowest BCUT2D eigenvalue weighted by Crippen LogP contribution is -2.49. The molecule has 2 aliphatic rings. The van der Waals surface area contributed by atoms with Crippen LogP contribution in [0.5, 0.6) is 0 Å². The maximum Gasteiger partial charge on any atom is 0.0951 e. The van der Waals surface area contributed by atoms with Crippen molar-refractivity contribution in [1.29, 1.82) is 0 Å². The molecule has 1 spiro atoms. The van der Waals surface area contributed by atoms with E-state index in [4.69, 9.17) is 9.47 Å². The molecular weight excluding hydrogens is 246 g/mol. The van der Waals surface area contributed by atoms with E-state index < -0.39 is 0 Å². The van der Waals surface area contributed by atoms with Crippen LogP contribution in [0.25, 0.3) is 0 Å². The van der Waals surface area contributed by atoms with Crippen molar-refractivity contribution < 1.29 is 9.47 Å². The molecule has 0 aromatic heterocycles. The number of thioether (sulfide) groups is 1. The lowest BCUT2D eigenvalue weighted by atomic mass is 9.89. The average Bonchev–Trinajstić information content (AvgIpc) is 2.77. The molecule has 4 heteroatoms. The zero-order chi connectivity index (χ0) is 12.8. The van der Waals surface area contributed by atoms with E-state index in [2.05, 4.69) is 19.2 Å². The van der Waals surface area contributed by atoms with Crippen LogP contribution in [0.15, 0.2) is 0 Å². The monoisotopic (exact) mass is 273 g/mol. The van der Waals surface area contributed by atoms with E-state index in [9.17, 15) is 0 Å². The van der Waals surface area contributed by atoms with Gasteiger partial charge in [0.1, 0.15) is 0 Å². The maximum absolute atomic E-state index is 5.97. The van der Waals surface area contributed by atoms with Crippen molar-refractivity contribution in [2.45, 2.75) is 57.2 Å². The first kappa shape index (κ1) is 14.6. The molecule has 0 aromatic rings. The zero-order valence-corrected chi connectivity index (χ0v) is 12.6. The van der Waals surface area contributed by atoms with Crippen LogP contribution in [0.1, 0.15) is 39.5 Å². The summed E-state index contributed by atoms with van der Waals surface area (Å²) in [6.45, 7) is 7.09. The van der Waals surface area contributed by atoms with Crippen LogP contribution < -0.4 is 5.32 Å². The molecule has 2 heterocycles. The molecule has 18 heavy (non-hydrogen) atoms. The van der Waals surface area contributed by atoms with E-state index in [1.54, 1.807) is 0 Å². The van der Waals surface area contributed by atoms with Gasteiger partial charge in [0.15, 0.2) is 0 Å². The van der Waals surface area contributed by atoms with Gasteiger partial charge < -0.3 is 14.8 Å². The predicted molar refractivity (Wildman–Crippen MR) is 77.4 cm³/mol. The van der Waals surface area contributed by atoms with Crippen molar-refractivity contribution in [3.63, 3.8) is 0 Å². The van der Waals surface area contributed by atoms with Crippen molar-refractivity contribution in [2.75, 3.05) is 31.3 Å². The fraction of sp³-hybridized carbons (Fsp3) is 1.00. The van der Waals surface area contributed by atoms with Crippen LogP contribution in [0, 0.1) is 0 Å². The molecule has 0 amide bonds. The molecule has 1 N–H and O–H groups in total. The van der Waals surface area contributed by atoms with Gasteiger partial charge in [-0.25, -0.2) is 0 Å². The van der Waals surface area contributed by atoms with Crippen molar-refractivity contribution in [3.8, 4) is 0 Å². The summed E-state index contributed by atoms with van der Waals surface area (Å²) < 4.78 is 11.5. The van der Waals surface area contributed by atoms with Gasteiger partial charge in [0.05, 0.1) is 12.2 Å². The predicted octanol–water partition coefficient (Wildman–Crippen LogP) is 2.45. The zero-order valence-electron chi connectivity index (χ0n) is 11.7. The molecule has 0 radical (unpaired) electrons. The minimum atomic E-state index is 0.0355. The van der Waals surface area contributed by atoms with Gasteiger partial charge in [-0.05, 0) is 37.7 Å². The molecule has 0 bridgehead atoms. The summed E-state index contributed by atoms with van der Waals surface area (Å²) in [5, 5.41) is 3.78. The smallest absolute Gasteiger partial charge is 0.0951 e. The van der Waals surface area contributed by atoms with Gasteiger partial charge in [-0.15, -0.1) is 0 Å². The molecule has 3 nitrogen and oxygen atoms in total. The van der Waals surface area contributed by atoms with Gasteiger partial charge in [-0.3, -0.25) is 0 Å². The van der Waals surface area contributed by atoms with Crippen LogP contribution in [0.2, 0.25) is 0 Å². The molecule has 106 valence electrons.